The van der Waals surface area contributed by atoms with Crippen molar-refractivity contribution in [3.63, 3.8) is 0 Å². The molecule has 0 bridgehead atoms. The molecule has 0 unspecified atom stereocenters. The normalized spacial score (nSPS) is 10.9. The van der Waals surface area contributed by atoms with Crippen LogP contribution in [-0.4, -0.2) is 16.9 Å². The molecular weight excluding hydrogens is 312 g/mol. The zero-order valence-electron chi connectivity index (χ0n) is 10.4. The number of nitrogens with zero attached hydrogens (tertiary/aromatic N) is 2. The highest BCUT2D eigenvalue weighted by molar-refractivity contribution is 9.10. The fraction of sp³-hybridized carbons (Fsp3) is 0.231. The van der Waals surface area contributed by atoms with E-state index in [0.717, 1.165) is 17.7 Å². The Labute approximate surface area is 119 Å². The van der Waals surface area contributed by atoms with Crippen LogP contribution in [0.25, 0.3) is 0 Å². The third-order valence-corrected chi connectivity index (χ3v) is 3.36. The molecule has 19 heavy (non-hydrogen) atoms. The van der Waals surface area contributed by atoms with Crippen LogP contribution in [0.1, 0.15) is 11.1 Å². The summed E-state index contributed by atoms with van der Waals surface area (Å²) in [7, 11) is 1.96. The second-order valence-corrected chi connectivity index (χ2v) is 5.20. The Hall–Kier alpha value is -1.66. The van der Waals surface area contributed by atoms with Gasteiger partial charge in [-0.1, -0.05) is 6.07 Å². The van der Waals surface area contributed by atoms with Gasteiger partial charge in [0.1, 0.15) is 0 Å². The van der Waals surface area contributed by atoms with E-state index in [1.54, 1.807) is 24.7 Å². The minimum absolute atomic E-state index is 0.0919. The molecule has 2 rings (SSSR count). The first-order valence-corrected chi connectivity index (χ1v) is 6.48. The number of hydrogen-bond donors (Lipinski definition) is 0. The highest BCUT2D eigenvalue weighted by Crippen LogP contribution is 2.26. The van der Waals surface area contributed by atoms with Crippen LogP contribution in [0.2, 0.25) is 0 Å². The molecule has 0 atom stereocenters. The quantitative estimate of drug-likeness (QED) is 0.623. The Bertz CT molecular complexity index is 569. The Morgan fingerprint density at radius 3 is 2.68 bits per heavy atom. The summed E-state index contributed by atoms with van der Waals surface area (Å²) < 4.78 is 5.51. The molecule has 0 aliphatic carbocycles. The fourth-order valence-corrected chi connectivity index (χ4v) is 2.25. The van der Waals surface area contributed by atoms with Gasteiger partial charge in [-0.2, -0.15) is 0 Å². The standard InChI is InChI=1S/C13H13BrN2O3/c1-15(8-11-4-5-19-9-11)7-10-2-3-12(14)13(6-10)16(17)18/h2-6,9H,7-8H2,1H3. The van der Waals surface area contributed by atoms with Crippen LogP contribution >= 0.6 is 15.9 Å². The van der Waals surface area contributed by atoms with Crippen molar-refractivity contribution >= 4 is 21.6 Å². The summed E-state index contributed by atoms with van der Waals surface area (Å²) in [6, 6.07) is 7.08. The summed E-state index contributed by atoms with van der Waals surface area (Å²) >= 11 is 3.18. The van der Waals surface area contributed by atoms with E-state index in [-0.39, 0.29) is 10.6 Å². The minimum Gasteiger partial charge on any atom is -0.472 e. The number of rotatable bonds is 5. The predicted molar refractivity (Wildman–Crippen MR) is 74.7 cm³/mol. The second kappa shape index (κ2) is 5.99. The smallest absolute Gasteiger partial charge is 0.283 e. The highest BCUT2D eigenvalue weighted by atomic mass is 79.9. The lowest BCUT2D eigenvalue weighted by molar-refractivity contribution is -0.385. The van der Waals surface area contributed by atoms with Gasteiger partial charge in [-0.3, -0.25) is 15.0 Å². The van der Waals surface area contributed by atoms with E-state index in [9.17, 15) is 10.1 Å². The zero-order chi connectivity index (χ0) is 13.8. The van der Waals surface area contributed by atoms with Gasteiger partial charge in [-0.05, 0) is 40.7 Å². The first-order valence-electron chi connectivity index (χ1n) is 5.68. The van der Waals surface area contributed by atoms with Crippen molar-refractivity contribution in [2.45, 2.75) is 13.1 Å². The number of hydrogen-bond acceptors (Lipinski definition) is 4. The average molecular weight is 325 g/mol. The molecule has 1 heterocycles. The molecular formula is C13H13BrN2O3. The van der Waals surface area contributed by atoms with Gasteiger partial charge in [0.2, 0.25) is 0 Å². The first-order chi connectivity index (χ1) is 9.06. The van der Waals surface area contributed by atoms with Crippen LogP contribution in [0.5, 0.6) is 0 Å². The van der Waals surface area contributed by atoms with Crippen molar-refractivity contribution in [2.24, 2.45) is 0 Å². The zero-order valence-corrected chi connectivity index (χ0v) is 12.0. The number of halogens is 1. The van der Waals surface area contributed by atoms with Gasteiger partial charge in [0.25, 0.3) is 5.69 Å². The molecule has 1 aromatic carbocycles. The maximum absolute atomic E-state index is 10.9. The van der Waals surface area contributed by atoms with Crippen LogP contribution in [0, 0.1) is 10.1 Å². The Balaban J connectivity index is 2.06. The van der Waals surface area contributed by atoms with E-state index in [4.69, 9.17) is 4.42 Å². The molecule has 0 radical (unpaired) electrons. The average Bonchev–Trinajstić information content (AvgIpc) is 2.84. The first kappa shape index (κ1) is 13.8. The van der Waals surface area contributed by atoms with Crippen molar-refractivity contribution in [1.82, 2.24) is 4.90 Å². The molecule has 6 heteroatoms. The monoisotopic (exact) mass is 324 g/mol. The number of furan rings is 1. The van der Waals surface area contributed by atoms with Crippen molar-refractivity contribution < 1.29 is 9.34 Å². The molecule has 0 aliphatic heterocycles. The number of nitro groups is 1. The van der Waals surface area contributed by atoms with E-state index in [1.807, 2.05) is 19.2 Å². The minimum atomic E-state index is -0.385. The van der Waals surface area contributed by atoms with Gasteiger partial charge in [0.15, 0.2) is 0 Å². The summed E-state index contributed by atoms with van der Waals surface area (Å²) in [5.41, 5.74) is 2.07. The van der Waals surface area contributed by atoms with Crippen LogP contribution in [0.4, 0.5) is 5.69 Å². The molecule has 0 N–H and O–H groups in total. The maximum Gasteiger partial charge on any atom is 0.283 e. The molecule has 100 valence electrons. The van der Waals surface area contributed by atoms with E-state index in [0.29, 0.717) is 11.0 Å². The SMILES string of the molecule is CN(Cc1ccoc1)Cc1ccc(Br)c([N+](=O)[O-])c1. The highest BCUT2D eigenvalue weighted by Gasteiger charge is 2.13. The summed E-state index contributed by atoms with van der Waals surface area (Å²) in [6.45, 7) is 1.37. The number of benzene rings is 1. The Kier molecular flexibility index (Phi) is 4.34. The molecule has 2 aromatic rings. The lowest BCUT2D eigenvalue weighted by atomic mass is 10.2. The van der Waals surface area contributed by atoms with Gasteiger partial charge >= 0.3 is 0 Å². The molecule has 0 saturated heterocycles. The van der Waals surface area contributed by atoms with Gasteiger partial charge in [-0.25, -0.2) is 0 Å². The topological polar surface area (TPSA) is 59.5 Å². The maximum atomic E-state index is 10.9. The van der Waals surface area contributed by atoms with E-state index >= 15 is 0 Å². The molecule has 0 fully saturated rings. The van der Waals surface area contributed by atoms with Crippen molar-refractivity contribution in [1.29, 1.82) is 0 Å². The lowest BCUT2D eigenvalue weighted by Crippen LogP contribution is -2.16. The van der Waals surface area contributed by atoms with E-state index < -0.39 is 0 Å². The molecule has 0 spiro atoms. The molecule has 0 amide bonds. The van der Waals surface area contributed by atoms with Crippen LogP contribution in [0.3, 0.4) is 0 Å². The van der Waals surface area contributed by atoms with Gasteiger partial charge < -0.3 is 4.42 Å². The molecule has 1 aromatic heterocycles. The largest absolute Gasteiger partial charge is 0.472 e. The van der Waals surface area contributed by atoms with Crippen LogP contribution < -0.4 is 0 Å². The molecule has 5 nitrogen and oxygen atoms in total. The van der Waals surface area contributed by atoms with Gasteiger partial charge in [0.05, 0.1) is 21.9 Å². The van der Waals surface area contributed by atoms with Crippen molar-refractivity contribution in [2.75, 3.05) is 7.05 Å². The third-order valence-electron chi connectivity index (χ3n) is 2.69. The summed E-state index contributed by atoms with van der Waals surface area (Å²) in [4.78, 5) is 12.5. The fourth-order valence-electron chi connectivity index (χ4n) is 1.86. The summed E-state index contributed by atoms with van der Waals surface area (Å²) in [5, 5.41) is 10.9. The van der Waals surface area contributed by atoms with Crippen molar-refractivity contribution in [3.8, 4) is 0 Å². The van der Waals surface area contributed by atoms with E-state index in [1.165, 1.54) is 0 Å². The molecule has 0 aliphatic rings. The van der Waals surface area contributed by atoms with Gasteiger partial charge in [0, 0.05) is 24.7 Å². The Morgan fingerprint density at radius 1 is 1.32 bits per heavy atom. The summed E-state index contributed by atoms with van der Waals surface area (Å²) in [6.07, 6.45) is 3.33. The second-order valence-electron chi connectivity index (χ2n) is 4.35. The third kappa shape index (κ3) is 3.65. The van der Waals surface area contributed by atoms with Gasteiger partial charge in [-0.15, -0.1) is 0 Å². The van der Waals surface area contributed by atoms with Crippen molar-refractivity contribution in [3.05, 3.63) is 62.5 Å². The lowest BCUT2D eigenvalue weighted by Gasteiger charge is -2.15. The van der Waals surface area contributed by atoms with Crippen LogP contribution in [0.15, 0.2) is 45.7 Å². The van der Waals surface area contributed by atoms with Crippen LogP contribution in [-0.2, 0) is 13.1 Å². The van der Waals surface area contributed by atoms with E-state index in [2.05, 4.69) is 20.8 Å². The summed E-state index contributed by atoms with van der Waals surface area (Å²) in [5.74, 6) is 0. The number of nitro benzene ring substituents is 1. The predicted octanol–water partition coefficient (Wildman–Crippen LogP) is 3.58. The molecule has 0 saturated carbocycles. The Morgan fingerprint density at radius 2 is 2.05 bits per heavy atom.